The summed E-state index contributed by atoms with van der Waals surface area (Å²) in [6.07, 6.45) is 0.990. The van der Waals surface area contributed by atoms with Crippen LogP contribution in [-0.2, 0) is 0 Å². The molecule has 0 aliphatic carbocycles. The van der Waals surface area contributed by atoms with E-state index in [1.54, 1.807) is 0 Å². The van der Waals surface area contributed by atoms with E-state index in [9.17, 15) is 0 Å². The predicted molar refractivity (Wildman–Crippen MR) is 63.4 cm³/mol. The summed E-state index contributed by atoms with van der Waals surface area (Å²) in [5.74, 6) is 0.619. The Hall–Kier alpha value is -1.59. The first-order chi connectivity index (χ1) is 7.51. The third kappa shape index (κ3) is 3.88. The van der Waals surface area contributed by atoms with Gasteiger partial charge in [0.25, 0.3) is 0 Å². The Balaban J connectivity index is 2.81. The fraction of sp³-hybridized carbons (Fsp3) is 0.700. The lowest BCUT2D eigenvalue weighted by Crippen LogP contribution is -2.18. The quantitative estimate of drug-likeness (QED) is 0.788. The predicted octanol–water partition coefficient (Wildman–Crippen LogP) is 1.45. The second-order valence-corrected chi connectivity index (χ2v) is 3.92. The second-order valence-electron chi connectivity index (χ2n) is 3.92. The summed E-state index contributed by atoms with van der Waals surface area (Å²) in [6, 6.07) is 0.544. The highest BCUT2D eigenvalue weighted by Crippen LogP contribution is 2.11. The average molecular weight is 225 g/mol. The molecule has 0 amide bonds. The molecule has 0 saturated carbocycles. The van der Waals surface area contributed by atoms with Gasteiger partial charge in [-0.3, -0.25) is 0 Å². The molecule has 16 heavy (non-hydrogen) atoms. The Morgan fingerprint density at radius 1 is 1.25 bits per heavy atom. The summed E-state index contributed by atoms with van der Waals surface area (Å²) < 4.78 is 5.37. The number of aromatic nitrogens is 3. The molecule has 0 radical (unpaired) electrons. The molecule has 90 valence electrons. The number of rotatable bonds is 5. The lowest BCUT2D eigenvalue weighted by molar-refractivity contribution is 0.222. The zero-order valence-corrected chi connectivity index (χ0v) is 10.2. The molecule has 0 saturated heterocycles. The lowest BCUT2D eigenvalue weighted by atomic mass is 10.3. The van der Waals surface area contributed by atoms with Crippen molar-refractivity contribution in [1.82, 2.24) is 15.0 Å². The Kier molecular flexibility index (Phi) is 4.28. The normalized spacial score (nSPS) is 12.6. The summed E-state index contributed by atoms with van der Waals surface area (Å²) in [7, 11) is 0. The van der Waals surface area contributed by atoms with Gasteiger partial charge in [0.1, 0.15) is 0 Å². The Bertz CT molecular complexity index is 342. The summed E-state index contributed by atoms with van der Waals surface area (Å²) in [4.78, 5) is 12.0. The molecule has 0 bridgehead atoms. The molecule has 6 heteroatoms. The largest absolute Gasteiger partial charge is 0.461 e. The van der Waals surface area contributed by atoms with Gasteiger partial charge in [-0.2, -0.15) is 15.0 Å². The third-order valence-electron chi connectivity index (χ3n) is 1.96. The molecule has 0 fully saturated rings. The minimum absolute atomic E-state index is 0.0123. The zero-order valence-electron chi connectivity index (χ0n) is 10.2. The maximum absolute atomic E-state index is 5.57. The van der Waals surface area contributed by atoms with Gasteiger partial charge in [0, 0.05) is 6.04 Å². The van der Waals surface area contributed by atoms with Gasteiger partial charge in [0.2, 0.25) is 11.9 Å². The van der Waals surface area contributed by atoms with Gasteiger partial charge in [0.05, 0.1) is 6.10 Å². The first kappa shape index (κ1) is 12.5. The van der Waals surface area contributed by atoms with Crippen molar-refractivity contribution in [2.45, 2.75) is 46.3 Å². The number of nitrogens with zero attached hydrogens (tertiary/aromatic N) is 3. The van der Waals surface area contributed by atoms with Crippen LogP contribution < -0.4 is 15.8 Å². The molecule has 1 atom stereocenters. The Morgan fingerprint density at radius 3 is 2.50 bits per heavy atom. The zero-order chi connectivity index (χ0) is 12.1. The van der Waals surface area contributed by atoms with E-state index in [0.717, 1.165) is 6.42 Å². The molecule has 0 aliphatic heterocycles. The van der Waals surface area contributed by atoms with Gasteiger partial charge < -0.3 is 15.8 Å². The van der Waals surface area contributed by atoms with Crippen molar-refractivity contribution in [3.8, 4) is 6.01 Å². The number of nitrogens with one attached hydrogen (secondary N) is 1. The molecular weight excluding hydrogens is 206 g/mol. The highest BCUT2D eigenvalue weighted by Gasteiger charge is 2.08. The van der Waals surface area contributed by atoms with Crippen LogP contribution in [0.5, 0.6) is 6.01 Å². The maximum Gasteiger partial charge on any atom is 0.323 e. The molecule has 6 nitrogen and oxygen atoms in total. The standard InChI is InChI=1S/C10H19N5O/c1-5-7(4)12-9-13-8(11)14-10(15-9)16-6(2)3/h6-7H,5H2,1-4H3,(H3,11,12,13,14,15). The number of hydrogen-bond acceptors (Lipinski definition) is 6. The molecule has 3 N–H and O–H groups in total. The van der Waals surface area contributed by atoms with Crippen LogP contribution in [0.3, 0.4) is 0 Å². The molecule has 1 heterocycles. The van der Waals surface area contributed by atoms with Crippen LogP contribution in [-0.4, -0.2) is 27.1 Å². The van der Waals surface area contributed by atoms with E-state index < -0.39 is 0 Å². The molecule has 1 aromatic rings. The Labute approximate surface area is 95.6 Å². The van der Waals surface area contributed by atoms with E-state index in [1.807, 2.05) is 20.8 Å². The van der Waals surface area contributed by atoms with Gasteiger partial charge in [-0.05, 0) is 27.2 Å². The van der Waals surface area contributed by atoms with Gasteiger partial charge in [0.15, 0.2) is 0 Å². The van der Waals surface area contributed by atoms with Gasteiger partial charge in [-0.25, -0.2) is 0 Å². The monoisotopic (exact) mass is 225 g/mol. The van der Waals surface area contributed by atoms with Crippen molar-refractivity contribution in [2.75, 3.05) is 11.1 Å². The SMILES string of the molecule is CCC(C)Nc1nc(N)nc(OC(C)C)n1. The van der Waals surface area contributed by atoms with Crippen molar-refractivity contribution in [2.24, 2.45) is 0 Å². The smallest absolute Gasteiger partial charge is 0.323 e. The number of ether oxygens (including phenoxy) is 1. The van der Waals surface area contributed by atoms with E-state index in [0.29, 0.717) is 5.95 Å². The molecule has 0 spiro atoms. The van der Waals surface area contributed by atoms with Crippen LogP contribution in [0.25, 0.3) is 0 Å². The number of nitrogen functional groups attached to an aromatic ring is 1. The number of nitrogens with two attached hydrogens (primary N) is 1. The van der Waals surface area contributed by atoms with Crippen LogP contribution >= 0.6 is 0 Å². The van der Waals surface area contributed by atoms with Crippen molar-refractivity contribution in [3.63, 3.8) is 0 Å². The van der Waals surface area contributed by atoms with E-state index >= 15 is 0 Å². The van der Waals surface area contributed by atoms with Gasteiger partial charge in [-0.1, -0.05) is 6.92 Å². The van der Waals surface area contributed by atoms with Crippen molar-refractivity contribution in [1.29, 1.82) is 0 Å². The number of hydrogen-bond donors (Lipinski definition) is 2. The fourth-order valence-electron chi connectivity index (χ4n) is 1.02. The van der Waals surface area contributed by atoms with Crippen molar-refractivity contribution in [3.05, 3.63) is 0 Å². The molecule has 1 aromatic heterocycles. The maximum atomic E-state index is 5.57. The first-order valence-corrected chi connectivity index (χ1v) is 5.46. The van der Waals surface area contributed by atoms with Gasteiger partial charge in [-0.15, -0.1) is 0 Å². The number of anilines is 2. The topological polar surface area (TPSA) is 86.0 Å². The molecular formula is C10H19N5O. The summed E-state index contributed by atoms with van der Waals surface area (Å²) in [5.41, 5.74) is 5.57. The van der Waals surface area contributed by atoms with Crippen LogP contribution in [0.4, 0.5) is 11.9 Å². The summed E-state index contributed by atoms with van der Waals surface area (Å²) >= 11 is 0. The lowest BCUT2D eigenvalue weighted by Gasteiger charge is -2.13. The highest BCUT2D eigenvalue weighted by molar-refractivity contribution is 5.33. The first-order valence-electron chi connectivity index (χ1n) is 5.46. The van der Waals surface area contributed by atoms with E-state index in [1.165, 1.54) is 0 Å². The molecule has 0 aliphatic rings. The van der Waals surface area contributed by atoms with E-state index in [4.69, 9.17) is 10.5 Å². The van der Waals surface area contributed by atoms with Crippen LogP contribution in [0.1, 0.15) is 34.1 Å². The summed E-state index contributed by atoms with van der Waals surface area (Å²) in [6.45, 7) is 7.93. The van der Waals surface area contributed by atoms with Crippen LogP contribution in [0.2, 0.25) is 0 Å². The van der Waals surface area contributed by atoms with E-state index in [2.05, 4.69) is 27.2 Å². The summed E-state index contributed by atoms with van der Waals surface area (Å²) in [5, 5.41) is 3.12. The molecule has 0 aromatic carbocycles. The molecule has 1 rings (SSSR count). The van der Waals surface area contributed by atoms with Crippen molar-refractivity contribution < 1.29 is 4.74 Å². The average Bonchev–Trinajstić information content (AvgIpc) is 2.15. The van der Waals surface area contributed by atoms with Crippen LogP contribution in [0, 0.1) is 0 Å². The second kappa shape index (κ2) is 5.48. The van der Waals surface area contributed by atoms with Crippen molar-refractivity contribution >= 4 is 11.9 Å². The van der Waals surface area contributed by atoms with Gasteiger partial charge >= 0.3 is 6.01 Å². The minimum Gasteiger partial charge on any atom is -0.461 e. The molecule has 1 unspecified atom stereocenters. The Morgan fingerprint density at radius 2 is 1.94 bits per heavy atom. The fourth-order valence-corrected chi connectivity index (χ4v) is 1.02. The minimum atomic E-state index is 0.0123. The van der Waals surface area contributed by atoms with E-state index in [-0.39, 0.29) is 24.1 Å². The highest BCUT2D eigenvalue weighted by atomic mass is 16.5. The van der Waals surface area contributed by atoms with Crippen LogP contribution in [0.15, 0.2) is 0 Å². The third-order valence-corrected chi connectivity index (χ3v) is 1.96.